The number of carbonyl (C=O) groups is 1. The van der Waals surface area contributed by atoms with Gasteiger partial charge in [-0.05, 0) is 86.4 Å². The number of nitrogens with zero attached hydrogens (tertiary/aromatic N) is 1. The standard InChI is InChI=1S/C26H27Cl2N3O3S/c1-18-6-7-21(27)16-25(18)30-35(33,34)23-10-8-22(9-11-23)29-26(32)19-12-14-31(15-13-19)17-20-4-2-3-5-24(20)28/h2-11,16,19,30H,12-15,17H2,1H3,(H,29,32). The van der Waals surface area contributed by atoms with Gasteiger partial charge in [-0.2, -0.15) is 0 Å². The Kier molecular flexibility index (Phi) is 8.02. The van der Waals surface area contributed by atoms with Crippen LogP contribution in [0.5, 0.6) is 0 Å². The van der Waals surface area contributed by atoms with Crippen LogP contribution in [-0.4, -0.2) is 32.3 Å². The average Bonchev–Trinajstić information content (AvgIpc) is 2.83. The zero-order chi connectivity index (χ0) is 25.0. The van der Waals surface area contributed by atoms with Crippen LogP contribution in [0.4, 0.5) is 11.4 Å². The molecule has 1 aliphatic heterocycles. The Morgan fingerprint density at radius 3 is 2.37 bits per heavy atom. The highest BCUT2D eigenvalue weighted by Gasteiger charge is 2.25. The Balaban J connectivity index is 1.32. The maximum atomic E-state index is 12.8. The second kappa shape index (κ2) is 11.0. The van der Waals surface area contributed by atoms with E-state index in [1.54, 1.807) is 37.3 Å². The molecule has 0 bridgehead atoms. The fourth-order valence-electron chi connectivity index (χ4n) is 4.09. The summed E-state index contributed by atoms with van der Waals surface area (Å²) in [5.41, 5.74) is 2.84. The van der Waals surface area contributed by atoms with Crippen LogP contribution in [0.25, 0.3) is 0 Å². The molecule has 3 aromatic carbocycles. The molecule has 9 heteroatoms. The second-order valence-corrected chi connectivity index (χ2v) is 11.2. The number of halogens is 2. The van der Waals surface area contributed by atoms with Gasteiger partial charge >= 0.3 is 0 Å². The van der Waals surface area contributed by atoms with E-state index < -0.39 is 10.0 Å². The monoisotopic (exact) mass is 531 g/mol. The number of aryl methyl sites for hydroxylation is 1. The summed E-state index contributed by atoms with van der Waals surface area (Å²) >= 11 is 12.3. The third-order valence-electron chi connectivity index (χ3n) is 6.19. The Hall–Kier alpha value is -2.58. The molecule has 6 nitrogen and oxygen atoms in total. The van der Waals surface area contributed by atoms with Gasteiger partial charge in [0.05, 0.1) is 10.6 Å². The number of rotatable bonds is 7. The van der Waals surface area contributed by atoms with Crippen molar-refractivity contribution in [3.8, 4) is 0 Å². The minimum atomic E-state index is -3.79. The lowest BCUT2D eigenvalue weighted by atomic mass is 9.95. The molecule has 0 atom stereocenters. The van der Waals surface area contributed by atoms with Gasteiger partial charge < -0.3 is 5.32 Å². The third-order valence-corrected chi connectivity index (χ3v) is 8.17. The molecule has 0 aliphatic carbocycles. The van der Waals surface area contributed by atoms with Crippen molar-refractivity contribution in [2.24, 2.45) is 5.92 Å². The van der Waals surface area contributed by atoms with Crippen LogP contribution in [0.3, 0.4) is 0 Å². The molecule has 1 heterocycles. The molecule has 184 valence electrons. The zero-order valence-electron chi connectivity index (χ0n) is 19.3. The quantitative estimate of drug-likeness (QED) is 0.394. The molecular formula is C26H27Cl2N3O3S. The molecule has 0 unspecified atom stereocenters. The number of hydrogen-bond acceptors (Lipinski definition) is 4. The Labute approximate surface area is 216 Å². The minimum Gasteiger partial charge on any atom is -0.326 e. The first-order chi connectivity index (χ1) is 16.7. The summed E-state index contributed by atoms with van der Waals surface area (Å²) < 4.78 is 28.1. The summed E-state index contributed by atoms with van der Waals surface area (Å²) in [6.07, 6.45) is 1.51. The highest BCUT2D eigenvalue weighted by atomic mass is 35.5. The van der Waals surface area contributed by atoms with Gasteiger partial charge in [0.2, 0.25) is 5.91 Å². The highest BCUT2D eigenvalue weighted by Crippen LogP contribution is 2.26. The van der Waals surface area contributed by atoms with Crippen molar-refractivity contribution in [1.82, 2.24) is 4.90 Å². The SMILES string of the molecule is Cc1ccc(Cl)cc1NS(=O)(=O)c1ccc(NC(=O)C2CCN(Cc3ccccc3Cl)CC2)cc1. The predicted molar refractivity (Wildman–Crippen MR) is 142 cm³/mol. The smallest absolute Gasteiger partial charge is 0.261 e. The topological polar surface area (TPSA) is 78.5 Å². The molecule has 1 amide bonds. The van der Waals surface area contributed by atoms with Crippen LogP contribution < -0.4 is 10.0 Å². The lowest BCUT2D eigenvalue weighted by molar-refractivity contribution is -0.121. The van der Waals surface area contributed by atoms with E-state index in [0.29, 0.717) is 16.4 Å². The van der Waals surface area contributed by atoms with E-state index in [2.05, 4.69) is 14.9 Å². The van der Waals surface area contributed by atoms with E-state index in [0.717, 1.165) is 48.6 Å². The molecule has 0 spiro atoms. The number of sulfonamides is 1. The molecule has 0 radical (unpaired) electrons. The van der Waals surface area contributed by atoms with Gasteiger partial charge in [-0.15, -0.1) is 0 Å². The summed E-state index contributed by atoms with van der Waals surface area (Å²) in [6.45, 7) is 4.20. The molecule has 0 aromatic heterocycles. The first-order valence-corrected chi connectivity index (χ1v) is 13.6. The van der Waals surface area contributed by atoms with E-state index in [4.69, 9.17) is 23.2 Å². The Morgan fingerprint density at radius 2 is 1.69 bits per heavy atom. The number of hydrogen-bond donors (Lipinski definition) is 2. The van der Waals surface area contributed by atoms with Gasteiger partial charge in [0.25, 0.3) is 10.0 Å². The van der Waals surface area contributed by atoms with Crippen LogP contribution in [0.15, 0.2) is 71.6 Å². The predicted octanol–water partition coefficient (Wildman–Crippen LogP) is 5.95. The van der Waals surface area contributed by atoms with E-state index in [1.807, 2.05) is 24.3 Å². The summed E-state index contributed by atoms with van der Waals surface area (Å²) in [5.74, 6) is -0.140. The van der Waals surface area contributed by atoms with Crippen molar-refractivity contribution in [3.63, 3.8) is 0 Å². The number of likely N-dealkylation sites (tertiary alicyclic amines) is 1. The van der Waals surface area contributed by atoms with Crippen LogP contribution in [-0.2, 0) is 21.4 Å². The minimum absolute atomic E-state index is 0.0503. The number of anilines is 2. The van der Waals surface area contributed by atoms with Crippen LogP contribution in [0.1, 0.15) is 24.0 Å². The largest absolute Gasteiger partial charge is 0.326 e. The Bertz CT molecular complexity index is 1310. The maximum absolute atomic E-state index is 12.8. The summed E-state index contributed by atoms with van der Waals surface area (Å²) in [5, 5.41) is 4.12. The second-order valence-electron chi connectivity index (χ2n) is 8.72. The summed E-state index contributed by atoms with van der Waals surface area (Å²) in [6, 6.07) is 19.0. The van der Waals surface area contributed by atoms with Crippen molar-refractivity contribution < 1.29 is 13.2 Å². The number of piperidine rings is 1. The highest BCUT2D eigenvalue weighted by molar-refractivity contribution is 7.92. The van der Waals surface area contributed by atoms with E-state index in [1.165, 1.54) is 12.1 Å². The molecule has 1 aliphatic rings. The van der Waals surface area contributed by atoms with Gasteiger partial charge in [-0.25, -0.2) is 8.42 Å². The number of amides is 1. The van der Waals surface area contributed by atoms with Crippen LogP contribution in [0.2, 0.25) is 10.0 Å². The molecule has 35 heavy (non-hydrogen) atoms. The van der Waals surface area contributed by atoms with Crippen molar-refractivity contribution in [3.05, 3.63) is 87.9 Å². The molecule has 3 aromatic rings. The van der Waals surface area contributed by atoms with Crippen molar-refractivity contribution in [1.29, 1.82) is 0 Å². The Morgan fingerprint density at radius 1 is 1.00 bits per heavy atom. The summed E-state index contributed by atoms with van der Waals surface area (Å²) in [7, 11) is -3.79. The van der Waals surface area contributed by atoms with Crippen molar-refractivity contribution in [2.75, 3.05) is 23.1 Å². The normalized spacial score (nSPS) is 15.1. The van der Waals surface area contributed by atoms with Crippen molar-refractivity contribution >= 4 is 50.5 Å². The molecule has 1 saturated heterocycles. The lowest BCUT2D eigenvalue weighted by Gasteiger charge is -2.31. The van der Waals surface area contributed by atoms with Gasteiger partial charge in [-0.1, -0.05) is 47.5 Å². The fourth-order valence-corrected chi connectivity index (χ4v) is 5.58. The summed E-state index contributed by atoms with van der Waals surface area (Å²) in [4.78, 5) is 15.2. The van der Waals surface area contributed by atoms with Gasteiger partial charge in [0.1, 0.15) is 0 Å². The number of nitrogens with one attached hydrogen (secondary N) is 2. The molecule has 0 saturated carbocycles. The first-order valence-electron chi connectivity index (χ1n) is 11.4. The molecular weight excluding hydrogens is 505 g/mol. The number of carbonyl (C=O) groups excluding carboxylic acids is 1. The van der Waals surface area contributed by atoms with Gasteiger partial charge in [0, 0.05) is 28.2 Å². The fraction of sp³-hybridized carbons (Fsp3) is 0.269. The average molecular weight is 532 g/mol. The van der Waals surface area contributed by atoms with Crippen LogP contribution in [0, 0.1) is 12.8 Å². The van der Waals surface area contributed by atoms with E-state index in [-0.39, 0.29) is 16.7 Å². The van der Waals surface area contributed by atoms with E-state index >= 15 is 0 Å². The molecule has 1 fully saturated rings. The van der Waals surface area contributed by atoms with Crippen LogP contribution >= 0.6 is 23.2 Å². The van der Waals surface area contributed by atoms with Crippen molar-refractivity contribution in [2.45, 2.75) is 31.2 Å². The molecule has 4 rings (SSSR count). The first kappa shape index (κ1) is 25.5. The number of benzene rings is 3. The maximum Gasteiger partial charge on any atom is 0.261 e. The van der Waals surface area contributed by atoms with E-state index in [9.17, 15) is 13.2 Å². The lowest BCUT2D eigenvalue weighted by Crippen LogP contribution is -2.37. The van der Waals surface area contributed by atoms with Gasteiger partial charge in [0.15, 0.2) is 0 Å². The molecule has 2 N–H and O–H groups in total. The zero-order valence-corrected chi connectivity index (χ0v) is 21.6. The van der Waals surface area contributed by atoms with Gasteiger partial charge in [-0.3, -0.25) is 14.4 Å². The third kappa shape index (κ3) is 6.55.